The highest BCUT2D eigenvalue weighted by Gasteiger charge is 2.32. The molecule has 2 rings (SSSR count). The molecule has 2 N–H and O–H groups in total. The number of nitrogens with two attached hydrogens (primary N) is 1. The van der Waals surface area contributed by atoms with Gasteiger partial charge >= 0.3 is 0 Å². The lowest BCUT2D eigenvalue weighted by molar-refractivity contribution is -0.134. The van der Waals surface area contributed by atoms with E-state index in [0.29, 0.717) is 19.2 Å². The number of aromatic nitrogens is 1. The zero-order chi connectivity index (χ0) is 20.0. The summed E-state index contributed by atoms with van der Waals surface area (Å²) in [5.74, 6) is 0.0482. The summed E-state index contributed by atoms with van der Waals surface area (Å²) < 4.78 is 44.6. The van der Waals surface area contributed by atoms with E-state index in [1.165, 1.54) is 27.5 Å². The van der Waals surface area contributed by atoms with Gasteiger partial charge in [0.2, 0.25) is 21.8 Å². The summed E-state index contributed by atoms with van der Waals surface area (Å²) in [4.78, 5) is 17.6. The molecule has 0 saturated carbocycles. The molecule has 0 unspecified atom stereocenters. The van der Waals surface area contributed by atoms with E-state index < -0.39 is 10.0 Å². The lowest BCUT2D eigenvalue weighted by Crippen LogP contribution is -2.42. The molecule has 2 heterocycles. The summed E-state index contributed by atoms with van der Waals surface area (Å²) >= 11 is 0. The molecule has 1 saturated heterocycles. The number of hydrogen-bond donors (Lipinski definition) is 1. The third-order valence-electron chi connectivity index (χ3n) is 4.41. The summed E-state index contributed by atoms with van der Waals surface area (Å²) in [6.45, 7) is 0.534. The van der Waals surface area contributed by atoms with E-state index in [4.69, 9.17) is 10.5 Å². The van der Waals surface area contributed by atoms with Crippen LogP contribution in [0.1, 0.15) is 12.8 Å². The molecule has 27 heavy (non-hydrogen) atoms. The van der Waals surface area contributed by atoms with Gasteiger partial charge in [-0.15, -0.1) is 0 Å². The van der Waals surface area contributed by atoms with Gasteiger partial charge in [-0.05, 0) is 18.9 Å². The van der Waals surface area contributed by atoms with E-state index in [2.05, 4.69) is 4.98 Å². The SMILES string of the molecule is CN(C)C(=O)C1CCN(S(=O)(=O)c2ccc(OC/C(=C\F)CN)nc2)CC1. The van der Waals surface area contributed by atoms with Gasteiger partial charge in [0, 0.05) is 51.3 Å². The highest BCUT2D eigenvalue weighted by molar-refractivity contribution is 7.89. The summed E-state index contributed by atoms with van der Waals surface area (Å²) in [5, 5.41) is 0. The molecule has 0 bridgehead atoms. The quantitative estimate of drug-likeness (QED) is 0.724. The maximum atomic E-state index is 12.7. The van der Waals surface area contributed by atoms with Crippen LogP contribution < -0.4 is 10.5 Å². The van der Waals surface area contributed by atoms with Crippen LogP contribution >= 0.6 is 0 Å². The summed E-state index contributed by atoms with van der Waals surface area (Å²) in [7, 11) is -0.300. The molecule has 0 spiro atoms. The maximum absolute atomic E-state index is 12.7. The standard InChI is InChI=1S/C17H25FN4O4S/c1-21(2)17(23)14-5-7-22(8-6-14)27(24,25)15-3-4-16(20-11-15)26-12-13(9-18)10-19/h3-4,9,11,14H,5-8,10,12,19H2,1-2H3/b13-9-. The number of pyridine rings is 1. The number of halogens is 1. The Kier molecular flexibility index (Phi) is 7.28. The second kappa shape index (κ2) is 9.25. The highest BCUT2D eigenvalue weighted by Crippen LogP contribution is 2.25. The predicted molar refractivity (Wildman–Crippen MR) is 98.2 cm³/mol. The molecule has 1 amide bonds. The van der Waals surface area contributed by atoms with Gasteiger partial charge in [0.1, 0.15) is 11.5 Å². The molecular weight excluding hydrogens is 375 g/mol. The van der Waals surface area contributed by atoms with Crippen molar-refractivity contribution in [3.8, 4) is 5.88 Å². The molecule has 1 aliphatic heterocycles. The number of amides is 1. The monoisotopic (exact) mass is 400 g/mol. The Morgan fingerprint density at radius 2 is 2.07 bits per heavy atom. The molecule has 0 atom stereocenters. The van der Waals surface area contributed by atoms with E-state index in [1.54, 1.807) is 14.1 Å². The van der Waals surface area contributed by atoms with Gasteiger partial charge in [0.05, 0.1) is 12.5 Å². The number of ether oxygens (including phenoxy) is 1. The molecule has 150 valence electrons. The van der Waals surface area contributed by atoms with Crippen molar-refractivity contribution >= 4 is 15.9 Å². The fourth-order valence-electron chi connectivity index (χ4n) is 2.76. The second-order valence-corrected chi connectivity index (χ2v) is 8.44. The van der Waals surface area contributed by atoms with Crippen LogP contribution in [0, 0.1) is 5.92 Å². The Labute approximate surface area is 158 Å². The predicted octanol–water partition coefficient (Wildman–Crippen LogP) is 0.761. The highest BCUT2D eigenvalue weighted by atomic mass is 32.2. The third kappa shape index (κ3) is 5.24. The van der Waals surface area contributed by atoms with E-state index in [1.807, 2.05) is 0 Å². The van der Waals surface area contributed by atoms with Gasteiger partial charge in [0.25, 0.3) is 0 Å². The Bertz CT molecular complexity index is 773. The van der Waals surface area contributed by atoms with Crippen LogP contribution in [0.3, 0.4) is 0 Å². The molecule has 1 aromatic rings. The lowest BCUT2D eigenvalue weighted by Gasteiger charge is -2.31. The summed E-state index contributed by atoms with van der Waals surface area (Å²) in [6, 6.07) is 2.82. The Morgan fingerprint density at radius 1 is 1.41 bits per heavy atom. The molecule has 1 fully saturated rings. The first kappa shape index (κ1) is 21.3. The molecule has 0 aliphatic carbocycles. The smallest absolute Gasteiger partial charge is 0.244 e. The molecule has 8 nitrogen and oxygen atoms in total. The third-order valence-corrected chi connectivity index (χ3v) is 6.30. The van der Waals surface area contributed by atoms with Gasteiger partial charge in [-0.2, -0.15) is 4.31 Å². The second-order valence-electron chi connectivity index (χ2n) is 6.50. The first-order chi connectivity index (χ1) is 12.8. The number of carbonyl (C=O) groups is 1. The summed E-state index contributed by atoms with van der Waals surface area (Å²) in [5.41, 5.74) is 5.61. The van der Waals surface area contributed by atoms with Crippen molar-refractivity contribution in [3.63, 3.8) is 0 Å². The average molecular weight is 400 g/mol. The number of carbonyl (C=O) groups excluding carboxylic acids is 1. The fraction of sp³-hybridized carbons (Fsp3) is 0.529. The first-order valence-electron chi connectivity index (χ1n) is 8.58. The van der Waals surface area contributed by atoms with Crippen LogP contribution in [0.25, 0.3) is 0 Å². The normalized spacial score (nSPS) is 17.0. The van der Waals surface area contributed by atoms with E-state index in [0.717, 1.165) is 0 Å². The van der Waals surface area contributed by atoms with Crippen molar-refractivity contribution in [2.75, 3.05) is 40.3 Å². The molecule has 10 heteroatoms. The van der Waals surface area contributed by atoms with Crippen LogP contribution in [0.2, 0.25) is 0 Å². The van der Waals surface area contributed by atoms with Crippen molar-refractivity contribution in [3.05, 3.63) is 30.2 Å². The number of piperidine rings is 1. The Morgan fingerprint density at radius 3 is 2.56 bits per heavy atom. The number of sulfonamides is 1. The zero-order valence-corrected chi connectivity index (χ0v) is 16.3. The largest absolute Gasteiger partial charge is 0.473 e. The van der Waals surface area contributed by atoms with Gasteiger partial charge in [-0.3, -0.25) is 4.79 Å². The van der Waals surface area contributed by atoms with Gasteiger partial charge in [-0.25, -0.2) is 17.8 Å². The topological polar surface area (TPSA) is 106 Å². The van der Waals surface area contributed by atoms with Crippen LogP contribution in [0.15, 0.2) is 35.1 Å². The summed E-state index contributed by atoms with van der Waals surface area (Å²) in [6.07, 6.45) is 2.57. The average Bonchev–Trinajstić information content (AvgIpc) is 2.68. The maximum Gasteiger partial charge on any atom is 0.244 e. The van der Waals surface area contributed by atoms with Crippen LogP contribution in [-0.4, -0.2) is 68.9 Å². The van der Waals surface area contributed by atoms with Crippen LogP contribution in [-0.2, 0) is 14.8 Å². The minimum Gasteiger partial charge on any atom is -0.473 e. The first-order valence-corrected chi connectivity index (χ1v) is 10.0. The van der Waals surface area contributed by atoms with Crippen molar-refractivity contribution in [1.29, 1.82) is 0 Å². The molecule has 1 aliphatic rings. The molecular formula is C17H25FN4O4S. The van der Waals surface area contributed by atoms with Crippen molar-refractivity contribution in [2.24, 2.45) is 11.7 Å². The Hall–Kier alpha value is -2.04. The van der Waals surface area contributed by atoms with Crippen molar-refractivity contribution < 1.29 is 22.3 Å². The van der Waals surface area contributed by atoms with E-state index >= 15 is 0 Å². The minimum absolute atomic E-state index is 0.0226. The fourth-order valence-corrected chi connectivity index (χ4v) is 4.18. The van der Waals surface area contributed by atoms with Gasteiger partial charge in [0.15, 0.2) is 0 Å². The number of nitrogens with zero attached hydrogens (tertiary/aromatic N) is 3. The zero-order valence-electron chi connectivity index (χ0n) is 15.5. The van der Waals surface area contributed by atoms with Gasteiger partial charge < -0.3 is 15.4 Å². The minimum atomic E-state index is -3.69. The lowest BCUT2D eigenvalue weighted by atomic mass is 9.97. The van der Waals surface area contributed by atoms with Crippen molar-refractivity contribution in [2.45, 2.75) is 17.7 Å². The van der Waals surface area contributed by atoms with E-state index in [-0.39, 0.29) is 54.4 Å². The molecule has 0 aromatic carbocycles. The Balaban J connectivity index is 2.00. The molecule has 0 radical (unpaired) electrons. The van der Waals surface area contributed by atoms with Crippen molar-refractivity contribution in [1.82, 2.24) is 14.2 Å². The number of hydrogen-bond acceptors (Lipinski definition) is 6. The number of rotatable bonds is 7. The van der Waals surface area contributed by atoms with Crippen LogP contribution in [0.5, 0.6) is 5.88 Å². The molecule has 1 aromatic heterocycles. The van der Waals surface area contributed by atoms with Crippen LogP contribution in [0.4, 0.5) is 4.39 Å². The van der Waals surface area contributed by atoms with E-state index in [9.17, 15) is 17.6 Å². The van der Waals surface area contributed by atoms with Gasteiger partial charge in [-0.1, -0.05) is 0 Å².